The third kappa shape index (κ3) is 3.91. The van der Waals surface area contributed by atoms with Gasteiger partial charge in [0.05, 0.1) is 16.9 Å². The first kappa shape index (κ1) is 17.6. The van der Waals surface area contributed by atoms with Gasteiger partial charge in [-0.05, 0) is 50.6 Å². The summed E-state index contributed by atoms with van der Waals surface area (Å²) in [5.41, 5.74) is 1.91. The third-order valence-electron chi connectivity index (χ3n) is 4.36. The number of nitrogens with one attached hydrogen (secondary N) is 1. The summed E-state index contributed by atoms with van der Waals surface area (Å²) in [5, 5.41) is 4.66. The van der Waals surface area contributed by atoms with E-state index in [9.17, 15) is 4.79 Å². The van der Waals surface area contributed by atoms with Crippen LogP contribution in [-0.4, -0.2) is 16.1 Å². The maximum atomic E-state index is 12.7. The SMILES string of the molecule is CCn1c([C@H](C)NCCc2ccccc2)nc2cc(Cl)ccc2c1=O. The fourth-order valence-electron chi connectivity index (χ4n) is 3.02. The average molecular weight is 356 g/mol. The molecule has 0 spiro atoms. The molecule has 0 aliphatic heterocycles. The lowest BCUT2D eigenvalue weighted by Gasteiger charge is -2.19. The molecule has 0 aliphatic carbocycles. The van der Waals surface area contributed by atoms with Crippen LogP contribution in [0.4, 0.5) is 0 Å². The summed E-state index contributed by atoms with van der Waals surface area (Å²) in [6, 6.07) is 15.5. The molecule has 4 nitrogen and oxygen atoms in total. The molecule has 130 valence electrons. The highest BCUT2D eigenvalue weighted by atomic mass is 35.5. The predicted octanol–water partition coefficient (Wildman–Crippen LogP) is 3.96. The average Bonchev–Trinajstić information content (AvgIpc) is 2.62. The molecule has 3 rings (SSSR count). The largest absolute Gasteiger partial charge is 0.307 e. The molecule has 3 aromatic rings. The van der Waals surface area contributed by atoms with Gasteiger partial charge in [0.25, 0.3) is 5.56 Å². The van der Waals surface area contributed by atoms with E-state index < -0.39 is 0 Å². The second-order valence-corrected chi connectivity index (χ2v) is 6.53. The Bertz CT molecular complexity index is 921. The van der Waals surface area contributed by atoms with Gasteiger partial charge in [-0.15, -0.1) is 0 Å². The summed E-state index contributed by atoms with van der Waals surface area (Å²) in [6.07, 6.45) is 0.931. The number of rotatable bonds is 6. The Labute approximate surface area is 152 Å². The van der Waals surface area contributed by atoms with E-state index >= 15 is 0 Å². The minimum atomic E-state index is -0.0280. The molecule has 0 saturated heterocycles. The fourth-order valence-corrected chi connectivity index (χ4v) is 3.18. The summed E-state index contributed by atoms with van der Waals surface area (Å²) >= 11 is 6.06. The zero-order valence-corrected chi connectivity index (χ0v) is 15.3. The molecule has 5 heteroatoms. The van der Waals surface area contributed by atoms with E-state index in [0.29, 0.717) is 22.5 Å². The van der Waals surface area contributed by atoms with Gasteiger partial charge in [0, 0.05) is 11.6 Å². The molecule has 1 N–H and O–H groups in total. The van der Waals surface area contributed by atoms with Crippen molar-refractivity contribution in [1.29, 1.82) is 0 Å². The lowest BCUT2D eigenvalue weighted by atomic mass is 10.1. The highest BCUT2D eigenvalue weighted by Crippen LogP contribution is 2.18. The molecule has 0 unspecified atom stereocenters. The molecule has 0 radical (unpaired) electrons. The van der Waals surface area contributed by atoms with Crippen molar-refractivity contribution in [2.24, 2.45) is 0 Å². The standard InChI is InChI=1S/C20H22ClN3O/c1-3-24-19(14(2)22-12-11-15-7-5-4-6-8-15)23-18-13-16(21)9-10-17(18)20(24)25/h4-10,13-14,22H,3,11-12H2,1-2H3/t14-/m0/s1. The first-order valence-corrected chi connectivity index (χ1v) is 8.95. The molecule has 1 aromatic heterocycles. The topological polar surface area (TPSA) is 46.9 Å². The maximum absolute atomic E-state index is 12.7. The van der Waals surface area contributed by atoms with Crippen LogP contribution in [0.1, 0.15) is 31.3 Å². The lowest BCUT2D eigenvalue weighted by Crippen LogP contribution is -2.31. The van der Waals surface area contributed by atoms with E-state index in [2.05, 4.69) is 17.4 Å². The molecule has 0 saturated carbocycles. The minimum Gasteiger partial charge on any atom is -0.307 e. The summed E-state index contributed by atoms with van der Waals surface area (Å²) in [7, 11) is 0. The van der Waals surface area contributed by atoms with E-state index in [1.807, 2.05) is 32.0 Å². The van der Waals surface area contributed by atoms with E-state index in [4.69, 9.17) is 16.6 Å². The molecule has 0 bridgehead atoms. The molecule has 0 fully saturated rings. The minimum absolute atomic E-state index is 0.0177. The molecule has 1 heterocycles. The van der Waals surface area contributed by atoms with Gasteiger partial charge in [0.2, 0.25) is 0 Å². The fraction of sp³-hybridized carbons (Fsp3) is 0.300. The first-order valence-electron chi connectivity index (χ1n) is 8.57. The number of aromatic nitrogens is 2. The van der Waals surface area contributed by atoms with Crippen LogP contribution >= 0.6 is 11.6 Å². The van der Waals surface area contributed by atoms with Crippen molar-refractivity contribution in [2.75, 3.05) is 6.54 Å². The highest BCUT2D eigenvalue weighted by Gasteiger charge is 2.15. The van der Waals surface area contributed by atoms with Crippen molar-refractivity contribution in [3.05, 3.63) is 75.3 Å². The van der Waals surface area contributed by atoms with E-state index in [0.717, 1.165) is 18.8 Å². The molecular weight excluding hydrogens is 334 g/mol. The Morgan fingerprint density at radius 2 is 1.96 bits per heavy atom. The van der Waals surface area contributed by atoms with Crippen LogP contribution in [0, 0.1) is 0 Å². The second-order valence-electron chi connectivity index (χ2n) is 6.09. The summed E-state index contributed by atoms with van der Waals surface area (Å²) in [6.45, 7) is 5.41. The van der Waals surface area contributed by atoms with Crippen molar-refractivity contribution in [3.63, 3.8) is 0 Å². The monoisotopic (exact) mass is 355 g/mol. The highest BCUT2D eigenvalue weighted by molar-refractivity contribution is 6.31. The van der Waals surface area contributed by atoms with Crippen molar-refractivity contribution in [1.82, 2.24) is 14.9 Å². The second kappa shape index (κ2) is 7.81. The summed E-state index contributed by atoms with van der Waals surface area (Å²) < 4.78 is 1.73. The smallest absolute Gasteiger partial charge is 0.261 e. The summed E-state index contributed by atoms with van der Waals surface area (Å²) in [5.74, 6) is 0.746. The quantitative estimate of drug-likeness (QED) is 0.728. The van der Waals surface area contributed by atoms with Crippen LogP contribution in [0.25, 0.3) is 10.9 Å². The van der Waals surface area contributed by atoms with Crippen LogP contribution in [0.15, 0.2) is 53.3 Å². The van der Waals surface area contributed by atoms with Crippen molar-refractivity contribution in [2.45, 2.75) is 32.9 Å². The van der Waals surface area contributed by atoms with Crippen LogP contribution in [0.3, 0.4) is 0 Å². The molecule has 25 heavy (non-hydrogen) atoms. The van der Waals surface area contributed by atoms with Crippen molar-refractivity contribution < 1.29 is 0 Å². The molecule has 0 amide bonds. The number of benzene rings is 2. The number of hydrogen-bond acceptors (Lipinski definition) is 3. The van der Waals surface area contributed by atoms with Crippen LogP contribution in [0.2, 0.25) is 5.02 Å². The van der Waals surface area contributed by atoms with Gasteiger partial charge >= 0.3 is 0 Å². The van der Waals surface area contributed by atoms with Crippen LogP contribution < -0.4 is 10.9 Å². The first-order chi connectivity index (χ1) is 12.1. The Balaban J connectivity index is 1.84. The van der Waals surface area contributed by atoms with Gasteiger partial charge in [-0.25, -0.2) is 4.98 Å². The van der Waals surface area contributed by atoms with Crippen molar-refractivity contribution in [3.8, 4) is 0 Å². The number of nitrogens with zero attached hydrogens (tertiary/aromatic N) is 2. The number of fused-ring (bicyclic) bond motifs is 1. The molecular formula is C20H22ClN3O. The molecule has 1 atom stereocenters. The lowest BCUT2D eigenvalue weighted by molar-refractivity contribution is 0.508. The van der Waals surface area contributed by atoms with Crippen molar-refractivity contribution >= 4 is 22.5 Å². The van der Waals surface area contributed by atoms with Gasteiger partial charge in [-0.1, -0.05) is 41.9 Å². The maximum Gasteiger partial charge on any atom is 0.261 e. The van der Waals surface area contributed by atoms with Gasteiger partial charge in [0.15, 0.2) is 0 Å². The Morgan fingerprint density at radius 3 is 2.68 bits per heavy atom. The van der Waals surface area contributed by atoms with E-state index in [1.165, 1.54) is 5.56 Å². The Morgan fingerprint density at radius 1 is 1.20 bits per heavy atom. The van der Waals surface area contributed by atoms with Gasteiger partial charge in [0.1, 0.15) is 5.82 Å². The zero-order valence-electron chi connectivity index (χ0n) is 14.5. The zero-order chi connectivity index (χ0) is 17.8. The predicted molar refractivity (Wildman–Crippen MR) is 103 cm³/mol. The number of hydrogen-bond donors (Lipinski definition) is 1. The number of halogens is 1. The molecule has 0 aliphatic rings. The van der Waals surface area contributed by atoms with Gasteiger partial charge in [-0.3, -0.25) is 9.36 Å². The third-order valence-corrected chi connectivity index (χ3v) is 4.59. The Hall–Kier alpha value is -2.17. The van der Waals surface area contributed by atoms with Gasteiger partial charge in [-0.2, -0.15) is 0 Å². The van der Waals surface area contributed by atoms with Crippen LogP contribution in [-0.2, 0) is 13.0 Å². The van der Waals surface area contributed by atoms with E-state index in [1.54, 1.807) is 22.8 Å². The normalized spacial score (nSPS) is 12.4. The van der Waals surface area contributed by atoms with Gasteiger partial charge < -0.3 is 5.32 Å². The Kier molecular flexibility index (Phi) is 5.51. The molecule has 2 aromatic carbocycles. The van der Waals surface area contributed by atoms with E-state index in [-0.39, 0.29) is 11.6 Å². The van der Waals surface area contributed by atoms with Crippen LogP contribution in [0.5, 0.6) is 0 Å². The summed E-state index contributed by atoms with van der Waals surface area (Å²) in [4.78, 5) is 17.5.